The Morgan fingerprint density at radius 3 is 2.32 bits per heavy atom. The molecule has 0 radical (unpaired) electrons. The molecule has 1 aromatic rings. The third kappa shape index (κ3) is 2.18. The van der Waals surface area contributed by atoms with Crippen LogP contribution in [0.2, 0.25) is 0 Å². The molecule has 1 aliphatic rings. The zero-order valence-electron chi connectivity index (χ0n) is 13.2. The van der Waals surface area contributed by atoms with Crippen molar-refractivity contribution in [2.75, 3.05) is 11.9 Å². The quantitative estimate of drug-likeness (QED) is 0.747. The normalized spacial score (nSPS) is 22.9. The Kier molecular flexibility index (Phi) is 3.04. The molecule has 2 rings (SSSR count). The number of fused-ring (bicyclic) bond motifs is 1. The Hall–Kier alpha value is -1.31. The molecule has 2 heteroatoms. The van der Waals surface area contributed by atoms with Crippen LogP contribution in [-0.2, 0) is 10.2 Å². The molecule has 1 aromatic carbocycles. The van der Waals surface area contributed by atoms with E-state index in [0.717, 1.165) is 12.1 Å². The van der Waals surface area contributed by atoms with Crippen LogP contribution < -0.4 is 4.90 Å². The number of likely N-dealkylation sites (N-methyl/N-ethyl adjacent to an activating group) is 1. The van der Waals surface area contributed by atoms with Gasteiger partial charge in [-0.3, -0.25) is 4.79 Å². The van der Waals surface area contributed by atoms with Crippen LogP contribution in [0, 0.1) is 19.3 Å². The summed E-state index contributed by atoms with van der Waals surface area (Å²) in [4.78, 5) is 14.6. The molecule has 1 heterocycles. The van der Waals surface area contributed by atoms with Crippen molar-refractivity contribution in [2.45, 2.75) is 53.4 Å². The van der Waals surface area contributed by atoms with Crippen LogP contribution in [0.15, 0.2) is 12.1 Å². The van der Waals surface area contributed by atoms with Crippen LogP contribution in [0.25, 0.3) is 0 Å². The lowest BCUT2D eigenvalue weighted by molar-refractivity contribution is -0.123. The number of amides is 1. The first-order valence-electron chi connectivity index (χ1n) is 6.96. The van der Waals surface area contributed by atoms with E-state index in [2.05, 4.69) is 53.7 Å². The van der Waals surface area contributed by atoms with Gasteiger partial charge in [0.15, 0.2) is 0 Å². The second kappa shape index (κ2) is 4.09. The Balaban J connectivity index is 2.65. The summed E-state index contributed by atoms with van der Waals surface area (Å²) in [6, 6.07) is 4.32. The molecule has 0 unspecified atom stereocenters. The van der Waals surface area contributed by atoms with Gasteiger partial charge in [-0.05, 0) is 55.4 Å². The lowest BCUT2D eigenvalue weighted by atomic mass is 9.70. The van der Waals surface area contributed by atoms with Crippen LogP contribution in [0.1, 0.15) is 50.8 Å². The fourth-order valence-electron chi connectivity index (χ4n) is 3.74. The highest BCUT2D eigenvalue weighted by Gasteiger charge is 2.48. The number of hydrogen-bond donors (Lipinski definition) is 0. The Morgan fingerprint density at radius 1 is 1.21 bits per heavy atom. The SMILES string of the molecule is Cc1cc(C)c2c(c1)N(C)C(=O)[C@@]2(C)CC(C)(C)C. The minimum absolute atomic E-state index is 0.129. The zero-order chi connectivity index (χ0) is 14.6. The first kappa shape index (κ1) is 14.1. The van der Waals surface area contributed by atoms with E-state index < -0.39 is 0 Å². The van der Waals surface area contributed by atoms with E-state index in [9.17, 15) is 4.79 Å². The summed E-state index contributed by atoms with van der Waals surface area (Å²) in [6.45, 7) is 12.9. The number of carbonyl (C=O) groups is 1. The molecule has 19 heavy (non-hydrogen) atoms. The molecule has 104 valence electrons. The van der Waals surface area contributed by atoms with E-state index in [1.165, 1.54) is 16.7 Å². The van der Waals surface area contributed by atoms with Crippen molar-refractivity contribution in [1.82, 2.24) is 0 Å². The summed E-state index contributed by atoms with van der Waals surface area (Å²) in [5.41, 5.74) is 4.51. The summed E-state index contributed by atoms with van der Waals surface area (Å²) in [5.74, 6) is 0.228. The van der Waals surface area contributed by atoms with Gasteiger partial charge in [-0.15, -0.1) is 0 Å². The number of carbonyl (C=O) groups excluding carboxylic acids is 1. The van der Waals surface area contributed by atoms with Gasteiger partial charge in [0.25, 0.3) is 0 Å². The van der Waals surface area contributed by atoms with E-state index in [-0.39, 0.29) is 16.7 Å². The van der Waals surface area contributed by atoms with Crippen LogP contribution in [0.4, 0.5) is 5.69 Å². The summed E-state index contributed by atoms with van der Waals surface area (Å²) >= 11 is 0. The van der Waals surface area contributed by atoms with Crippen molar-refractivity contribution in [1.29, 1.82) is 0 Å². The van der Waals surface area contributed by atoms with Gasteiger partial charge < -0.3 is 4.90 Å². The molecule has 2 nitrogen and oxygen atoms in total. The predicted molar refractivity (Wildman–Crippen MR) is 80.8 cm³/mol. The summed E-state index contributed by atoms with van der Waals surface area (Å²) in [7, 11) is 1.90. The zero-order valence-corrected chi connectivity index (χ0v) is 13.2. The number of rotatable bonds is 1. The fraction of sp³-hybridized carbons (Fsp3) is 0.588. The molecule has 0 saturated carbocycles. The third-order valence-electron chi connectivity index (χ3n) is 4.03. The minimum atomic E-state index is -0.389. The van der Waals surface area contributed by atoms with Crippen molar-refractivity contribution in [3.8, 4) is 0 Å². The van der Waals surface area contributed by atoms with Crippen molar-refractivity contribution >= 4 is 11.6 Å². The van der Waals surface area contributed by atoms with Crippen LogP contribution in [-0.4, -0.2) is 13.0 Å². The van der Waals surface area contributed by atoms with Gasteiger partial charge in [0.05, 0.1) is 5.41 Å². The second-order valence-corrected chi connectivity index (χ2v) is 7.41. The van der Waals surface area contributed by atoms with Gasteiger partial charge in [-0.2, -0.15) is 0 Å². The lowest BCUT2D eigenvalue weighted by Gasteiger charge is -2.32. The summed E-state index contributed by atoms with van der Waals surface area (Å²) in [6.07, 6.45) is 0.875. The Bertz CT molecular complexity index is 539. The topological polar surface area (TPSA) is 20.3 Å². The van der Waals surface area contributed by atoms with E-state index in [4.69, 9.17) is 0 Å². The standard InChI is InChI=1S/C17H25NO/c1-11-8-12(2)14-13(9-11)18(7)15(19)17(14,6)10-16(3,4)5/h8-9H,10H2,1-7H3/t17-/m0/s1. The van der Waals surface area contributed by atoms with Crippen molar-refractivity contribution in [2.24, 2.45) is 5.41 Å². The van der Waals surface area contributed by atoms with E-state index in [1.54, 1.807) is 0 Å². The van der Waals surface area contributed by atoms with E-state index in [1.807, 2.05) is 11.9 Å². The molecule has 0 N–H and O–H groups in total. The molecule has 1 amide bonds. The molecule has 0 aromatic heterocycles. The highest BCUT2D eigenvalue weighted by atomic mass is 16.2. The van der Waals surface area contributed by atoms with Gasteiger partial charge in [0.1, 0.15) is 0 Å². The van der Waals surface area contributed by atoms with Crippen molar-refractivity contribution in [3.63, 3.8) is 0 Å². The molecule has 0 saturated heterocycles. The van der Waals surface area contributed by atoms with Gasteiger partial charge in [-0.1, -0.05) is 26.8 Å². The molecular formula is C17H25NO. The number of benzene rings is 1. The first-order valence-corrected chi connectivity index (χ1v) is 6.96. The smallest absolute Gasteiger partial charge is 0.237 e. The molecular weight excluding hydrogens is 234 g/mol. The van der Waals surface area contributed by atoms with E-state index >= 15 is 0 Å². The summed E-state index contributed by atoms with van der Waals surface area (Å²) < 4.78 is 0. The number of hydrogen-bond acceptors (Lipinski definition) is 1. The minimum Gasteiger partial charge on any atom is -0.314 e. The maximum atomic E-state index is 12.8. The predicted octanol–water partition coefficient (Wildman–Crippen LogP) is 3.97. The molecule has 0 aliphatic carbocycles. The molecule has 0 bridgehead atoms. The van der Waals surface area contributed by atoms with Crippen LogP contribution in [0.5, 0.6) is 0 Å². The summed E-state index contributed by atoms with van der Waals surface area (Å²) in [5, 5.41) is 0. The molecule has 0 fully saturated rings. The maximum Gasteiger partial charge on any atom is 0.237 e. The van der Waals surface area contributed by atoms with Crippen LogP contribution in [0.3, 0.4) is 0 Å². The lowest BCUT2D eigenvalue weighted by Crippen LogP contribution is -2.39. The van der Waals surface area contributed by atoms with Gasteiger partial charge in [0.2, 0.25) is 5.91 Å². The first-order chi connectivity index (χ1) is 8.56. The fourth-order valence-corrected chi connectivity index (χ4v) is 3.74. The Labute approximate surface area is 116 Å². The molecule has 1 aliphatic heterocycles. The third-order valence-corrected chi connectivity index (χ3v) is 4.03. The van der Waals surface area contributed by atoms with E-state index in [0.29, 0.717) is 0 Å². The van der Waals surface area contributed by atoms with Crippen molar-refractivity contribution in [3.05, 3.63) is 28.8 Å². The largest absolute Gasteiger partial charge is 0.314 e. The average Bonchev–Trinajstić information content (AvgIpc) is 2.38. The van der Waals surface area contributed by atoms with Gasteiger partial charge >= 0.3 is 0 Å². The highest BCUT2D eigenvalue weighted by molar-refractivity contribution is 6.08. The molecule has 1 atom stereocenters. The van der Waals surface area contributed by atoms with Gasteiger partial charge in [-0.25, -0.2) is 0 Å². The average molecular weight is 259 g/mol. The Morgan fingerprint density at radius 2 is 1.79 bits per heavy atom. The number of aryl methyl sites for hydroxylation is 2. The monoisotopic (exact) mass is 259 g/mol. The van der Waals surface area contributed by atoms with Crippen LogP contribution >= 0.6 is 0 Å². The maximum absolute atomic E-state index is 12.8. The number of nitrogens with zero attached hydrogens (tertiary/aromatic N) is 1. The van der Waals surface area contributed by atoms with Gasteiger partial charge in [0, 0.05) is 12.7 Å². The second-order valence-electron chi connectivity index (χ2n) is 7.41. The molecule has 0 spiro atoms. The number of anilines is 1. The van der Waals surface area contributed by atoms with Crippen molar-refractivity contribution < 1.29 is 4.79 Å². The highest BCUT2D eigenvalue weighted by Crippen LogP contribution is 2.48.